The van der Waals surface area contributed by atoms with Gasteiger partial charge < -0.3 is 11.1 Å². The Bertz CT molecular complexity index is 359. The minimum Gasteiger partial charge on any atom is -0.399 e. The lowest BCUT2D eigenvalue weighted by Gasteiger charge is -2.38. The summed E-state index contributed by atoms with van der Waals surface area (Å²) in [6.07, 6.45) is 0. The van der Waals surface area contributed by atoms with Crippen LogP contribution < -0.4 is 15.5 Å². The van der Waals surface area contributed by atoms with Crippen LogP contribution in [0.1, 0.15) is 0 Å². The van der Waals surface area contributed by atoms with Crippen molar-refractivity contribution in [1.82, 2.24) is 9.80 Å². The second-order valence-corrected chi connectivity index (χ2v) is 4.71. The van der Waals surface area contributed by atoms with Crippen LogP contribution in [-0.4, -0.2) is 33.2 Å². The third-order valence-corrected chi connectivity index (χ3v) is 3.42. The molecule has 1 aromatic carbocycles. The van der Waals surface area contributed by atoms with E-state index in [9.17, 15) is 0 Å². The molecule has 0 aliphatic carbocycles. The maximum Gasteiger partial charge on any atom is 0.151 e. The molecule has 3 nitrogen and oxygen atoms in total. The van der Waals surface area contributed by atoms with Crippen LogP contribution in [0, 0.1) is 0 Å². The van der Waals surface area contributed by atoms with Gasteiger partial charge in [0.15, 0.2) is 5.69 Å². The number of halogens is 1. The number of anilines is 1. The Labute approximate surface area is 95.4 Å². The molecule has 0 spiro atoms. The van der Waals surface area contributed by atoms with E-state index in [2.05, 4.69) is 12.4 Å². The van der Waals surface area contributed by atoms with Crippen molar-refractivity contribution >= 4 is 23.0 Å². The molecule has 0 amide bonds. The fourth-order valence-electron chi connectivity index (χ4n) is 2.09. The first-order valence-corrected chi connectivity index (χ1v) is 5.60. The van der Waals surface area contributed by atoms with Crippen molar-refractivity contribution in [3.63, 3.8) is 0 Å². The zero-order valence-corrected chi connectivity index (χ0v) is 9.72. The summed E-state index contributed by atoms with van der Waals surface area (Å²) in [6, 6.07) is 5.80. The van der Waals surface area contributed by atoms with Gasteiger partial charge in [-0.15, -0.1) is 0 Å². The van der Waals surface area contributed by atoms with E-state index < -0.39 is 0 Å². The van der Waals surface area contributed by atoms with Crippen molar-refractivity contribution in [2.24, 2.45) is 0 Å². The van der Waals surface area contributed by atoms with Gasteiger partial charge in [-0.05, 0) is 12.1 Å². The number of hydrogen-bond donors (Lipinski definition) is 2. The second-order valence-electron chi connectivity index (χ2n) is 4.30. The zero-order valence-electron chi connectivity index (χ0n) is 8.96. The summed E-state index contributed by atoms with van der Waals surface area (Å²) in [5, 5.41) is 4.13. The van der Waals surface area contributed by atoms with E-state index >= 15 is 0 Å². The first-order chi connectivity index (χ1) is 7.12. The smallest absolute Gasteiger partial charge is 0.151 e. The van der Waals surface area contributed by atoms with Gasteiger partial charge in [0, 0.05) is 24.8 Å². The Morgan fingerprint density at radius 2 is 2.00 bits per heavy atom. The lowest BCUT2D eigenvalue weighted by Crippen LogP contribution is -2.57. The van der Waals surface area contributed by atoms with Crippen molar-refractivity contribution in [1.29, 1.82) is 0 Å². The lowest BCUT2D eigenvalue weighted by molar-refractivity contribution is 0.288. The van der Waals surface area contributed by atoms with Gasteiger partial charge in [0.1, 0.15) is 5.02 Å². The molecule has 4 heteroatoms. The van der Waals surface area contributed by atoms with E-state index in [-0.39, 0.29) is 0 Å². The monoisotopic (exact) mass is 226 g/mol. The highest BCUT2D eigenvalue weighted by molar-refractivity contribution is 6.33. The molecular weight excluding hydrogens is 210 g/mol. The average molecular weight is 227 g/mol. The molecule has 1 aliphatic rings. The van der Waals surface area contributed by atoms with Crippen molar-refractivity contribution in [3.05, 3.63) is 23.2 Å². The normalized spacial score (nSPS) is 20.1. The molecule has 3 N–H and O–H groups in total. The van der Waals surface area contributed by atoms with Crippen LogP contribution in [0.3, 0.4) is 0 Å². The molecule has 0 atom stereocenters. The van der Waals surface area contributed by atoms with E-state index in [4.69, 9.17) is 17.3 Å². The largest absolute Gasteiger partial charge is 0.399 e. The number of nitrogen functional groups attached to an aromatic ring is 1. The summed E-state index contributed by atoms with van der Waals surface area (Å²) < 4.78 is 0.895. The lowest BCUT2D eigenvalue weighted by atomic mass is 10.2. The number of likely N-dealkylation sites (N-methyl/N-ethyl adjacent to an activating group) is 1. The van der Waals surface area contributed by atoms with Gasteiger partial charge >= 0.3 is 0 Å². The highest BCUT2D eigenvalue weighted by atomic mass is 35.5. The van der Waals surface area contributed by atoms with Gasteiger partial charge in [0.05, 0.1) is 20.1 Å². The standard InChI is InChI=1S/C11H17ClN3/c1-15(6-4-14-5-7-15)11-3-2-9(13)8-10(11)12/h2-3,8,14H,4-7,13H2,1H3/q+1. The number of rotatable bonds is 1. The SMILES string of the molecule is C[N+]1(c2ccc(N)cc2Cl)CCNCC1. The molecule has 82 valence electrons. The Kier molecular flexibility index (Phi) is 2.87. The van der Waals surface area contributed by atoms with E-state index in [1.807, 2.05) is 18.2 Å². The molecule has 0 unspecified atom stereocenters. The van der Waals surface area contributed by atoms with Gasteiger partial charge in [0.2, 0.25) is 0 Å². The molecule has 2 rings (SSSR count). The van der Waals surface area contributed by atoms with E-state index in [0.717, 1.165) is 41.4 Å². The number of piperazine rings is 1. The molecule has 1 heterocycles. The molecule has 1 fully saturated rings. The molecule has 0 radical (unpaired) electrons. The van der Waals surface area contributed by atoms with Gasteiger partial charge in [-0.3, -0.25) is 4.48 Å². The third-order valence-electron chi connectivity index (χ3n) is 3.12. The second kappa shape index (κ2) is 4.00. The van der Waals surface area contributed by atoms with E-state index in [1.165, 1.54) is 5.69 Å². The minimum atomic E-state index is 0.727. The predicted molar refractivity (Wildman–Crippen MR) is 66.2 cm³/mol. The summed E-state index contributed by atoms with van der Waals surface area (Å²) >= 11 is 6.24. The molecule has 1 saturated heterocycles. The van der Waals surface area contributed by atoms with Gasteiger partial charge in [-0.1, -0.05) is 11.6 Å². The summed E-state index contributed by atoms with van der Waals surface area (Å²) in [6.45, 7) is 4.22. The first kappa shape index (κ1) is 10.7. The molecule has 0 bridgehead atoms. The highest BCUT2D eigenvalue weighted by Crippen LogP contribution is 2.31. The Morgan fingerprint density at radius 1 is 1.33 bits per heavy atom. The molecule has 15 heavy (non-hydrogen) atoms. The fraction of sp³-hybridized carbons (Fsp3) is 0.455. The summed E-state index contributed by atoms with van der Waals surface area (Å²) in [4.78, 5) is 0. The van der Waals surface area contributed by atoms with Crippen molar-refractivity contribution in [3.8, 4) is 0 Å². The Hall–Kier alpha value is -0.770. The number of nitrogens with zero attached hydrogens (tertiary/aromatic N) is 1. The quantitative estimate of drug-likeness (QED) is 0.562. The Morgan fingerprint density at radius 3 is 2.60 bits per heavy atom. The van der Waals surface area contributed by atoms with Crippen LogP contribution in [-0.2, 0) is 0 Å². The summed E-state index contributed by atoms with van der Waals surface area (Å²) in [5.41, 5.74) is 7.60. The van der Waals surface area contributed by atoms with E-state index in [0.29, 0.717) is 0 Å². The summed E-state index contributed by atoms with van der Waals surface area (Å²) in [5.74, 6) is 0. The van der Waals surface area contributed by atoms with Crippen LogP contribution in [0.2, 0.25) is 5.02 Å². The van der Waals surface area contributed by atoms with Gasteiger partial charge in [0.25, 0.3) is 0 Å². The van der Waals surface area contributed by atoms with Crippen LogP contribution in [0.5, 0.6) is 0 Å². The topological polar surface area (TPSA) is 38.0 Å². The minimum absolute atomic E-state index is 0.727. The number of quaternary nitrogens is 1. The first-order valence-electron chi connectivity index (χ1n) is 5.23. The van der Waals surface area contributed by atoms with Crippen LogP contribution >= 0.6 is 11.6 Å². The maximum atomic E-state index is 6.24. The van der Waals surface area contributed by atoms with E-state index in [1.54, 1.807) is 0 Å². The van der Waals surface area contributed by atoms with Crippen LogP contribution in [0.25, 0.3) is 0 Å². The predicted octanol–water partition coefficient (Wildman–Crippen LogP) is 1.46. The van der Waals surface area contributed by atoms with Crippen LogP contribution in [0.15, 0.2) is 18.2 Å². The molecule has 0 saturated carbocycles. The Balaban J connectivity index is 2.35. The zero-order chi connectivity index (χ0) is 10.9. The van der Waals surface area contributed by atoms with Crippen molar-refractivity contribution < 1.29 is 0 Å². The third kappa shape index (κ3) is 2.09. The highest BCUT2D eigenvalue weighted by Gasteiger charge is 2.29. The van der Waals surface area contributed by atoms with Gasteiger partial charge in [-0.25, -0.2) is 0 Å². The van der Waals surface area contributed by atoms with Crippen molar-refractivity contribution in [2.45, 2.75) is 0 Å². The van der Waals surface area contributed by atoms with Crippen molar-refractivity contribution in [2.75, 3.05) is 39.0 Å². The molecule has 0 aromatic heterocycles. The molecule has 1 aromatic rings. The number of benzene rings is 1. The molecular formula is C11H17ClN3+. The van der Waals surface area contributed by atoms with Gasteiger partial charge in [-0.2, -0.15) is 0 Å². The number of nitrogens with one attached hydrogen (secondary N) is 1. The summed E-state index contributed by atoms with van der Waals surface area (Å²) in [7, 11) is 2.22. The van der Waals surface area contributed by atoms with Crippen LogP contribution in [0.4, 0.5) is 11.4 Å². The number of hydrogen-bond acceptors (Lipinski definition) is 2. The fourth-order valence-corrected chi connectivity index (χ4v) is 2.48. The molecule has 1 aliphatic heterocycles. The average Bonchev–Trinajstić information content (AvgIpc) is 2.18. The maximum absolute atomic E-state index is 6.24. The number of nitrogens with two attached hydrogens (primary N) is 1.